The van der Waals surface area contributed by atoms with Gasteiger partial charge in [-0.3, -0.25) is 9.79 Å². The smallest absolute Gasteiger partial charge is 0.134 e. The molecule has 1 fully saturated rings. The molecule has 2 rings (SSSR count). The van der Waals surface area contributed by atoms with E-state index in [1.165, 1.54) is 0 Å². The van der Waals surface area contributed by atoms with Crippen LogP contribution in [0.5, 0.6) is 0 Å². The van der Waals surface area contributed by atoms with Crippen LogP contribution in [0.15, 0.2) is 76.6 Å². The fourth-order valence-corrected chi connectivity index (χ4v) is 5.34. The predicted molar refractivity (Wildman–Crippen MR) is 184 cm³/mol. The molecule has 0 amide bonds. The summed E-state index contributed by atoms with van der Waals surface area (Å²) < 4.78 is 19.2. The Balaban J connectivity index is 0.000000843. The molecule has 41 heavy (non-hydrogen) atoms. The number of aliphatic imine (C=N–C) groups is 1. The van der Waals surface area contributed by atoms with Crippen LogP contribution in [0.1, 0.15) is 84.9 Å². The first kappa shape index (κ1) is 38.6. The largest absolute Gasteiger partial charge is 0.500 e. The number of halogens is 1. The zero-order chi connectivity index (χ0) is 32.0. The van der Waals surface area contributed by atoms with Crippen molar-refractivity contribution in [1.29, 1.82) is 0 Å². The van der Waals surface area contributed by atoms with Crippen LogP contribution in [0.4, 0.5) is 4.39 Å². The zero-order valence-corrected chi connectivity index (χ0v) is 29.1. The number of nitrogens with zero attached hydrogens (tertiary/aromatic N) is 1. The Morgan fingerprint density at radius 1 is 1.22 bits per heavy atom. The van der Waals surface area contributed by atoms with Crippen LogP contribution in [-0.2, 0) is 16.0 Å². The molecule has 0 aromatic heterocycles. The summed E-state index contributed by atoms with van der Waals surface area (Å²) >= 11 is 1.59. The average Bonchev–Trinajstić information content (AvgIpc) is 3.73. The number of ether oxygens (including phenoxy) is 1. The van der Waals surface area contributed by atoms with Gasteiger partial charge >= 0.3 is 0 Å². The molecule has 0 aliphatic heterocycles. The number of hydrogen-bond donors (Lipinski definition) is 1. The zero-order valence-electron chi connectivity index (χ0n) is 27.1. The first-order valence-corrected chi connectivity index (χ1v) is 15.4. The van der Waals surface area contributed by atoms with Gasteiger partial charge in [0.05, 0.1) is 29.0 Å². The summed E-state index contributed by atoms with van der Waals surface area (Å²) in [6.45, 7) is 25.0. The first-order chi connectivity index (χ1) is 19.1. The third-order valence-electron chi connectivity index (χ3n) is 6.60. The van der Waals surface area contributed by atoms with Crippen molar-refractivity contribution in [3.05, 3.63) is 88.3 Å². The van der Waals surface area contributed by atoms with Crippen molar-refractivity contribution in [2.24, 2.45) is 10.4 Å². The molecule has 2 atom stereocenters. The van der Waals surface area contributed by atoms with Gasteiger partial charge in [0.25, 0.3) is 0 Å². The van der Waals surface area contributed by atoms with E-state index in [4.69, 9.17) is 4.74 Å². The summed E-state index contributed by atoms with van der Waals surface area (Å²) in [6.07, 6.45) is 8.07. The van der Waals surface area contributed by atoms with E-state index < -0.39 is 10.8 Å². The van der Waals surface area contributed by atoms with Gasteiger partial charge in [0.2, 0.25) is 0 Å². The number of Topliss-reactive ketones (excluding diaryl/α,β-unsaturated/α-hetero) is 1. The molecule has 0 bridgehead atoms. The summed E-state index contributed by atoms with van der Waals surface area (Å²) in [6, 6.07) is 6.23. The highest BCUT2D eigenvalue weighted by Crippen LogP contribution is 2.63. The molecule has 7 heteroatoms. The number of hydrogen-bond acceptors (Lipinski definition) is 5. The number of aryl methyl sites for hydroxylation is 1. The number of benzene rings is 1. The minimum absolute atomic E-state index is 0.181. The van der Waals surface area contributed by atoms with Crippen molar-refractivity contribution >= 4 is 37.4 Å². The van der Waals surface area contributed by atoms with Crippen molar-refractivity contribution < 1.29 is 13.9 Å². The van der Waals surface area contributed by atoms with Gasteiger partial charge in [0.15, 0.2) is 0 Å². The van der Waals surface area contributed by atoms with E-state index in [-0.39, 0.29) is 5.78 Å². The summed E-state index contributed by atoms with van der Waals surface area (Å²) in [7, 11) is 5.63. The third kappa shape index (κ3) is 12.1. The van der Waals surface area contributed by atoms with E-state index in [1.807, 2.05) is 66.7 Å². The normalized spacial score (nSPS) is 16.2. The molecule has 0 saturated heterocycles. The predicted octanol–water partition coefficient (Wildman–Crippen LogP) is 9.74. The van der Waals surface area contributed by atoms with Gasteiger partial charge < -0.3 is 10.1 Å². The SMILES string of the molecule is C=C(C)/C=C(\OC)C1(C(C)(F)P)CC1.C=C(N/C(=C/C)C(C)=NC)S/C(=C\C)c1ccc(CC(C)=O)c(C)c1.CC. The summed E-state index contributed by atoms with van der Waals surface area (Å²) in [5.41, 5.74) is 5.70. The van der Waals surface area contributed by atoms with Gasteiger partial charge in [-0.2, -0.15) is 0 Å². The van der Waals surface area contributed by atoms with Crippen LogP contribution in [0.3, 0.4) is 0 Å². The molecular formula is C34H52FN2O2PS. The second kappa shape index (κ2) is 18.2. The summed E-state index contributed by atoms with van der Waals surface area (Å²) in [4.78, 5) is 16.7. The van der Waals surface area contributed by atoms with Crippen LogP contribution in [0, 0.1) is 12.3 Å². The molecule has 0 radical (unpaired) electrons. The molecule has 1 aliphatic carbocycles. The fourth-order valence-electron chi connectivity index (χ4n) is 4.12. The maximum Gasteiger partial charge on any atom is 0.134 e. The molecule has 1 aromatic rings. The minimum atomic E-state index is -1.30. The van der Waals surface area contributed by atoms with Crippen molar-refractivity contribution in [2.45, 2.75) is 87.0 Å². The van der Waals surface area contributed by atoms with Crippen LogP contribution in [-0.4, -0.2) is 31.1 Å². The minimum Gasteiger partial charge on any atom is -0.500 e. The molecular weight excluding hydrogens is 550 g/mol. The van der Waals surface area contributed by atoms with Crippen LogP contribution in [0.2, 0.25) is 0 Å². The van der Waals surface area contributed by atoms with Gasteiger partial charge in [-0.25, -0.2) is 4.39 Å². The van der Waals surface area contributed by atoms with Gasteiger partial charge in [0, 0.05) is 18.4 Å². The molecule has 228 valence electrons. The van der Waals surface area contributed by atoms with E-state index in [1.54, 1.807) is 39.8 Å². The maximum atomic E-state index is 13.9. The summed E-state index contributed by atoms with van der Waals surface area (Å²) in [5, 5.41) is 2.86. The number of ketones is 1. The highest BCUT2D eigenvalue weighted by molar-refractivity contribution is 8.11. The van der Waals surface area contributed by atoms with E-state index in [2.05, 4.69) is 50.9 Å². The van der Waals surface area contributed by atoms with Crippen LogP contribution >= 0.6 is 21.0 Å². The van der Waals surface area contributed by atoms with E-state index >= 15 is 0 Å². The Morgan fingerprint density at radius 2 is 1.80 bits per heavy atom. The maximum absolute atomic E-state index is 13.9. The number of nitrogens with one attached hydrogen (secondary N) is 1. The molecule has 0 heterocycles. The standard InChI is InChI=1S/C21H28N2OS.C11H18FOP.C2H6/c1-8-20(16(5)22-7)23-17(6)25-21(9-2)19-11-10-18(13-15(4)24)14(3)12-19;1-8(2)7-9(13-4)11(5-6-11)10(3,12)14;1-2/h8-12,23H,6,13H2,1-5,7H3;7H,1,5-6,14H2,2-4H3;1-2H3/b20-8+,21-9-,22-16?;9-7-;. The number of allylic oxidation sites excluding steroid dienone is 6. The van der Waals surface area contributed by atoms with Crippen molar-refractivity contribution in [1.82, 2.24) is 5.32 Å². The number of carbonyl (C=O) groups is 1. The van der Waals surface area contributed by atoms with E-state index in [0.29, 0.717) is 12.2 Å². The number of carbonyl (C=O) groups excluding carboxylic acids is 1. The quantitative estimate of drug-likeness (QED) is 0.112. The molecule has 1 aromatic carbocycles. The Labute approximate surface area is 256 Å². The molecule has 1 N–H and O–H groups in total. The third-order valence-corrected chi connectivity index (χ3v) is 8.20. The fraction of sp³-hybridized carbons (Fsp3) is 0.471. The topological polar surface area (TPSA) is 50.7 Å². The second-order valence-electron chi connectivity index (χ2n) is 10.1. The average molecular weight is 603 g/mol. The molecule has 1 saturated carbocycles. The van der Waals surface area contributed by atoms with E-state index in [0.717, 1.165) is 56.4 Å². The first-order valence-electron chi connectivity index (χ1n) is 14.0. The van der Waals surface area contributed by atoms with Crippen LogP contribution in [0.25, 0.3) is 4.91 Å². The Kier molecular flexibility index (Phi) is 17.1. The Morgan fingerprint density at radius 3 is 2.17 bits per heavy atom. The van der Waals surface area contributed by atoms with Crippen molar-refractivity contribution in [3.63, 3.8) is 0 Å². The lowest BCUT2D eigenvalue weighted by molar-refractivity contribution is -0.116. The number of methoxy groups -OCH3 is 1. The highest BCUT2D eigenvalue weighted by atomic mass is 32.2. The second-order valence-corrected chi connectivity index (χ2v) is 12.3. The lowest BCUT2D eigenvalue weighted by atomic mass is 9.97. The van der Waals surface area contributed by atoms with E-state index in [9.17, 15) is 9.18 Å². The lowest BCUT2D eigenvalue weighted by Gasteiger charge is -2.28. The molecule has 4 nitrogen and oxygen atoms in total. The van der Waals surface area contributed by atoms with Gasteiger partial charge in [0.1, 0.15) is 17.0 Å². The number of alkyl halides is 1. The Bertz CT molecular complexity index is 1190. The monoisotopic (exact) mass is 602 g/mol. The lowest BCUT2D eigenvalue weighted by Crippen LogP contribution is -2.27. The van der Waals surface area contributed by atoms with Crippen molar-refractivity contribution in [3.8, 4) is 0 Å². The Hall–Kier alpha value is -2.43. The highest BCUT2D eigenvalue weighted by Gasteiger charge is 2.59. The van der Waals surface area contributed by atoms with Gasteiger partial charge in [-0.05, 0) is 84.1 Å². The molecule has 2 unspecified atom stereocenters. The molecule has 1 aliphatic rings. The summed E-state index contributed by atoms with van der Waals surface area (Å²) in [5.74, 6) is 0.894. The van der Waals surface area contributed by atoms with Gasteiger partial charge in [-0.15, -0.1) is 0 Å². The van der Waals surface area contributed by atoms with Gasteiger partial charge in [-0.1, -0.05) is 83.9 Å². The number of rotatable bonds is 12. The number of thioether (sulfide) groups is 1. The van der Waals surface area contributed by atoms with Crippen LogP contribution < -0.4 is 5.32 Å². The van der Waals surface area contributed by atoms with Crippen molar-refractivity contribution in [2.75, 3.05) is 14.2 Å². The molecule has 0 spiro atoms.